The van der Waals surface area contributed by atoms with Crippen molar-refractivity contribution in [2.45, 2.75) is 18.8 Å². The zero-order valence-electron chi connectivity index (χ0n) is 9.02. The molecule has 2 aliphatic rings. The highest BCUT2D eigenvalue weighted by atomic mass is 16.5. The number of fused-ring (bicyclic) bond motifs is 2. The van der Waals surface area contributed by atoms with Gasteiger partial charge in [-0.3, -0.25) is 0 Å². The molecule has 1 aromatic rings. The Morgan fingerprint density at radius 2 is 1.87 bits per heavy atom. The van der Waals surface area contributed by atoms with Gasteiger partial charge in [-0.2, -0.15) is 0 Å². The van der Waals surface area contributed by atoms with Crippen LogP contribution in [0.5, 0.6) is 5.75 Å². The Morgan fingerprint density at radius 3 is 2.40 bits per heavy atom. The summed E-state index contributed by atoms with van der Waals surface area (Å²) in [5.74, 6) is 3.36. The Bertz CT molecular complexity index is 377. The predicted molar refractivity (Wildman–Crippen MR) is 61.1 cm³/mol. The van der Waals surface area contributed by atoms with E-state index in [1.54, 1.807) is 7.11 Å². The minimum atomic E-state index is 0.755. The van der Waals surface area contributed by atoms with Crippen molar-refractivity contribution in [3.8, 4) is 5.75 Å². The van der Waals surface area contributed by atoms with Gasteiger partial charge < -0.3 is 4.74 Å². The van der Waals surface area contributed by atoms with Gasteiger partial charge in [-0.05, 0) is 48.3 Å². The number of allylic oxidation sites excluding steroid dienone is 2. The fraction of sp³-hybridized carbons (Fsp3) is 0.429. The van der Waals surface area contributed by atoms with Crippen molar-refractivity contribution in [1.82, 2.24) is 0 Å². The van der Waals surface area contributed by atoms with Gasteiger partial charge in [-0.15, -0.1) is 0 Å². The van der Waals surface area contributed by atoms with Gasteiger partial charge >= 0.3 is 0 Å². The summed E-state index contributed by atoms with van der Waals surface area (Å²) >= 11 is 0. The number of methoxy groups -OCH3 is 1. The molecule has 1 nitrogen and oxygen atoms in total. The average molecular weight is 200 g/mol. The second-order valence-corrected chi connectivity index (χ2v) is 4.66. The van der Waals surface area contributed by atoms with Gasteiger partial charge in [-0.25, -0.2) is 0 Å². The average Bonchev–Trinajstić information content (AvgIpc) is 2.91. The van der Waals surface area contributed by atoms with Gasteiger partial charge in [-0.1, -0.05) is 24.3 Å². The topological polar surface area (TPSA) is 9.23 Å². The minimum absolute atomic E-state index is 0.755. The van der Waals surface area contributed by atoms with Crippen molar-refractivity contribution >= 4 is 0 Å². The standard InChI is InChI=1S/C14H16O/c1-15-13-6-4-11(5-7-13)14-9-10-2-3-12(14)8-10/h2-7,10,12,14H,8-9H2,1H3/t10-,12+,14-/m1/s1. The molecule has 78 valence electrons. The Morgan fingerprint density at radius 1 is 1.07 bits per heavy atom. The van der Waals surface area contributed by atoms with E-state index in [0.29, 0.717) is 0 Å². The van der Waals surface area contributed by atoms with E-state index in [-0.39, 0.29) is 0 Å². The first kappa shape index (κ1) is 9.02. The molecule has 0 radical (unpaired) electrons. The zero-order chi connectivity index (χ0) is 10.3. The van der Waals surface area contributed by atoms with Crippen LogP contribution in [-0.2, 0) is 0 Å². The second kappa shape index (κ2) is 3.41. The van der Waals surface area contributed by atoms with Crippen LogP contribution in [0.4, 0.5) is 0 Å². The summed E-state index contributed by atoms with van der Waals surface area (Å²) in [5, 5.41) is 0. The maximum Gasteiger partial charge on any atom is 0.118 e. The van der Waals surface area contributed by atoms with Crippen LogP contribution in [0.15, 0.2) is 36.4 Å². The van der Waals surface area contributed by atoms with Crippen molar-refractivity contribution in [1.29, 1.82) is 0 Å². The molecular formula is C14H16O. The number of hydrogen-bond acceptors (Lipinski definition) is 1. The van der Waals surface area contributed by atoms with E-state index in [2.05, 4.69) is 36.4 Å². The number of benzene rings is 1. The van der Waals surface area contributed by atoms with Gasteiger partial charge in [0, 0.05) is 0 Å². The van der Waals surface area contributed by atoms with Crippen LogP contribution in [0.2, 0.25) is 0 Å². The van der Waals surface area contributed by atoms with E-state index < -0.39 is 0 Å². The Balaban J connectivity index is 1.84. The lowest BCUT2D eigenvalue weighted by Crippen LogP contribution is -2.04. The third-order valence-corrected chi connectivity index (χ3v) is 3.82. The van der Waals surface area contributed by atoms with E-state index in [4.69, 9.17) is 4.74 Å². The molecular weight excluding hydrogens is 184 g/mol. The van der Waals surface area contributed by atoms with E-state index >= 15 is 0 Å². The quantitative estimate of drug-likeness (QED) is 0.665. The van der Waals surface area contributed by atoms with Crippen molar-refractivity contribution in [3.63, 3.8) is 0 Å². The third kappa shape index (κ3) is 1.46. The second-order valence-electron chi connectivity index (χ2n) is 4.66. The fourth-order valence-electron chi connectivity index (χ4n) is 3.02. The van der Waals surface area contributed by atoms with Crippen molar-refractivity contribution < 1.29 is 4.74 Å². The molecule has 1 saturated carbocycles. The van der Waals surface area contributed by atoms with Gasteiger partial charge in [0.05, 0.1) is 7.11 Å². The number of hydrogen-bond donors (Lipinski definition) is 0. The fourth-order valence-corrected chi connectivity index (χ4v) is 3.02. The number of ether oxygens (including phenoxy) is 1. The lowest BCUT2D eigenvalue weighted by molar-refractivity contribution is 0.414. The summed E-state index contributed by atoms with van der Waals surface area (Å²) in [4.78, 5) is 0. The van der Waals surface area contributed by atoms with Crippen LogP contribution in [-0.4, -0.2) is 7.11 Å². The molecule has 1 fully saturated rings. The monoisotopic (exact) mass is 200 g/mol. The molecule has 3 atom stereocenters. The summed E-state index contributed by atoms with van der Waals surface area (Å²) in [5.41, 5.74) is 1.48. The van der Waals surface area contributed by atoms with E-state index in [1.807, 2.05) is 0 Å². The lowest BCUT2D eigenvalue weighted by Gasteiger charge is -2.18. The molecule has 1 heteroatoms. The summed E-state index contributed by atoms with van der Waals surface area (Å²) in [7, 11) is 1.72. The Labute approximate surface area is 90.8 Å². The summed E-state index contributed by atoms with van der Waals surface area (Å²) < 4.78 is 5.18. The molecule has 2 bridgehead atoms. The molecule has 1 aromatic carbocycles. The molecule has 0 heterocycles. The first-order valence-corrected chi connectivity index (χ1v) is 5.69. The van der Waals surface area contributed by atoms with Crippen LogP contribution in [0.1, 0.15) is 24.3 Å². The van der Waals surface area contributed by atoms with E-state index in [0.717, 1.165) is 23.5 Å². The van der Waals surface area contributed by atoms with Crippen LogP contribution >= 0.6 is 0 Å². The molecule has 0 N–H and O–H groups in total. The van der Waals surface area contributed by atoms with Crippen molar-refractivity contribution in [2.75, 3.05) is 7.11 Å². The highest BCUT2D eigenvalue weighted by molar-refractivity contribution is 5.32. The maximum atomic E-state index is 5.18. The lowest BCUT2D eigenvalue weighted by atomic mass is 9.87. The van der Waals surface area contributed by atoms with Crippen molar-refractivity contribution in [2.24, 2.45) is 11.8 Å². The molecule has 0 spiro atoms. The molecule has 0 saturated heterocycles. The zero-order valence-corrected chi connectivity index (χ0v) is 9.02. The largest absolute Gasteiger partial charge is 0.497 e. The highest BCUT2D eigenvalue weighted by Gasteiger charge is 2.36. The van der Waals surface area contributed by atoms with Gasteiger partial charge in [0.15, 0.2) is 0 Å². The van der Waals surface area contributed by atoms with Crippen LogP contribution < -0.4 is 4.74 Å². The first-order chi connectivity index (χ1) is 7.36. The Hall–Kier alpha value is -1.24. The van der Waals surface area contributed by atoms with Gasteiger partial charge in [0.1, 0.15) is 5.75 Å². The molecule has 3 rings (SSSR count). The summed E-state index contributed by atoms with van der Waals surface area (Å²) in [6.45, 7) is 0. The third-order valence-electron chi connectivity index (χ3n) is 3.82. The van der Waals surface area contributed by atoms with Crippen LogP contribution in [0.3, 0.4) is 0 Å². The predicted octanol–water partition coefficient (Wildman–Crippen LogP) is 3.37. The van der Waals surface area contributed by atoms with E-state index in [9.17, 15) is 0 Å². The smallest absolute Gasteiger partial charge is 0.118 e. The molecule has 0 amide bonds. The van der Waals surface area contributed by atoms with Crippen molar-refractivity contribution in [3.05, 3.63) is 42.0 Å². The maximum absolute atomic E-state index is 5.18. The Kier molecular flexibility index (Phi) is 2.05. The van der Waals surface area contributed by atoms with Gasteiger partial charge in [0.2, 0.25) is 0 Å². The summed E-state index contributed by atoms with van der Waals surface area (Å²) in [6, 6.07) is 8.59. The first-order valence-electron chi connectivity index (χ1n) is 5.69. The van der Waals surface area contributed by atoms with Crippen LogP contribution in [0.25, 0.3) is 0 Å². The highest BCUT2D eigenvalue weighted by Crippen LogP contribution is 2.48. The minimum Gasteiger partial charge on any atom is -0.497 e. The normalized spacial score (nSPS) is 32.2. The van der Waals surface area contributed by atoms with Crippen LogP contribution in [0, 0.1) is 11.8 Å². The molecule has 2 aliphatic carbocycles. The van der Waals surface area contributed by atoms with Gasteiger partial charge in [0.25, 0.3) is 0 Å². The van der Waals surface area contributed by atoms with E-state index in [1.165, 1.54) is 18.4 Å². The molecule has 15 heavy (non-hydrogen) atoms. The SMILES string of the molecule is COc1ccc([C@H]2C[C@@H]3C=C[C@H]2C3)cc1. The summed E-state index contributed by atoms with van der Waals surface area (Å²) in [6.07, 6.45) is 7.51. The number of rotatable bonds is 2. The molecule has 0 aliphatic heterocycles. The molecule has 0 aromatic heterocycles. The molecule has 0 unspecified atom stereocenters.